The number of nitrogens with one attached hydrogen (secondary N) is 2. The van der Waals surface area contributed by atoms with Crippen molar-refractivity contribution in [3.05, 3.63) is 0 Å². The number of hydrogen-bond donors (Lipinski definition) is 2. The topological polar surface area (TPSA) is 87.7 Å². The van der Waals surface area contributed by atoms with Crippen molar-refractivity contribution in [2.75, 3.05) is 45.6 Å². The van der Waals surface area contributed by atoms with Crippen LogP contribution in [-0.2, 0) is 19.6 Å². The smallest absolute Gasteiger partial charge is 0.246 e. The molecule has 2 N–H and O–H groups in total. The van der Waals surface area contributed by atoms with E-state index in [1.54, 1.807) is 6.92 Å². The molecule has 0 aromatic rings. The molecule has 0 spiro atoms. The first-order chi connectivity index (χ1) is 9.27. The van der Waals surface area contributed by atoms with Gasteiger partial charge < -0.3 is 15.4 Å². The molecule has 20 heavy (non-hydrogen) atoms. The lowest BCUT2D eigenvalue weighted by molar-refractivity contribution is -0.135. The van der Waals surface area contributed by atoms with Crippen LogP contribution in [0.5, 0.6) is 0 Å². The van der Waals surface area contributed by atoms with E-state index in [1.807, 2.05) is 6.92 Å². The number of sulfonamides is 1. The maximum Gasteiger partial charge on any atom is 0.246 e. The van der Waals surface area contributed by atoms with Crippen LogP contribution in [-0.4, -0.2) is 69.8 Å². The van der Waals surface area contributed by atoms with Gasteiger partial charge >= 0.3 is 0 Å². The summed E-state index contributed by atoms with van der Waals surface area (Å²) >= 11 is 0. The van der Waals surface area contributed by atoms with Gasteiger partial charge in [0.15, 0.2) is 0 Å². The second-order valence-electron chi connectivity index (χ2n) is 5.30. The lowest BCUT2D eigenvalue weighted by atomic mass is 10.0. The van der Waals surface area contributed by atoms with Crippen molar-refractivity contribution in [2.24, 2.45) is 0 Å². The molecule has 1 aliphatic rings. The van der Waals surface area contributed by atoms with E-state index in [2.05, 4.69) is 10.6 Å². The molecule has 0 aromatic carbocycles. The fourth-order valence-corrected chi connectivity index (χ4v) is 2.84. The largest absolute Gasteiger partial charge is 0.363 e. The molecule has 1 aliphatic heterocycles. The van der Waals surface area contributed by atoms with E-state index in [1.165, 1.54) is 10.6 Å². The molecule has 1 saturated heterocycles. The number of amides is 1. The normalized spacial score (nSPS) is 17.8. The molecule has 0 atom stereocenters. The van der Waals surface area contributed by atoms with E-state index in [9.17, 15) is 13.2 Å². The van der Waals surface area contributed by atoms with Crippen LogP contribution in [0.15, 0.2) is 0 Å². The molecule has 0 radical (unpaired) electrons. The molecule has 7 nitrogen and oxygen atoms in total. The van der Waals surface area contributed by atoms with Crippen molar-refractivity contribution >= 4 is 15.9 Å². The first-order valence-corrected chi connectivity index (χ1v) is 8.68. The molecular weight excluding hydrogens is 282 g/mol. The van der Waals surface area contributed by atoms with Crippen molar-refractivity contribution in [1.29, 1.82) is 0 Å². The molecule has 1 fully saturated rings. The molecule has 0 saturated carbocycles. The molecule has 8 heteroatoms. The van der Waals surface area contributed by atoms with E-state index < -0.39 is 10.0 Å². The Balaban J connectivity index is 2.12. The fourth-order valence-electron chi connectivity index (χ4n) is 1.91. The van der Waals surface area contributed by atoms with Crippen LogP contribution in [0.1, 0.15) is 20.3 Å². The number of carbonyl (C=O) groups excluding carboxylic acids is 1. The zero-order valence-corrected chi connectivity index (χ0v) is 13.3. The minimum Gasteiger partial charge on any atom is -0.363 e. The monoisotopic (exact) mass is 307 g/mol. The lowest BCUT2D eigenvalue weighted by Crippen LogP contribution is -2.59. The third-order valence-electron chi connectivity index (χ3n) is 3.28. The van der Waals surface area contributed by atoms with Gasteiger partial charge in [-0.15, -0.1) is 0 Å². The molecule has 1 rings (SSSR count). The minimum absolute atomic E-state index is 0.0434. The molecule has 0 unspecified atom stereocenters. The van der Waals surface area contributed by atoms with Gasteiger partial charge in [0, 0.05) is 32.7 Å². The zero-order valence-electron chi connectivity index (χ0n) is 12.4. The lowest BCUT2D eigenvalue weighted by Gasteiger charge is -2.38. The number of carbonyl (C=O) groups is 1. The number of rotatable bonds is 9. The zero-order chi connectivity index (χ0) is 15.2. The summed E-state index contributed by atoms with van der Waals surface area (Å²) in [6.07, 6.45) is 1.78. The van der Waals surface area contributed by atoms with Crippen molar-refractivity contribution < 1.29 is 17.9 Å². The molecule has 0 aliphatic carbocycles. The van der Waals surface area contributed by atoms with Gasteiger partial charge in [0.25, 0.3) is 0 Å². The Kier molecular flexibility index (Phi) is 6.38. The molecule has 0 bridgehead atoms. The maximum atomic E-state index is 11.6. The predicted molar refractivity (Wildman–Crippen MR) is 76.9 cm³/mol. The van der Waals surface area contributed by atoms with Gasteiger partial charge in [-0.2, -0.15) is 0 Å². The molecule has 0 aromatic heterocycles. The van der Waals surface area contributed by atoms with Gasteiger partial charge in [-0.1, -0.05) is 6.92 Å². The third-order valence-corrected chi connectivity index (χ3v) is 4.66. The second kappa shape index (κ2) is 7.35. The quantitative estimate of drug-likeness (QED) is 0.542. The highest BCUT2D eigenvalue weighted by atomic mass is 32.2. The van der Waals surface area contributed by atoms with E-state index in [0.717, 1.165) is 13.1 Å². The van der Waals surface area contributed by atoms with Gasteiger partial charge in [0.1, 0.15) is 6.61 Å². The molecule has 118 valence electrons. The van der Waals surface area contributed by atoms with E-state index in [-0.39, 0.29) is 18.1 Å². The van der Waals surface area contributed by atoms with Crippen molar-refractivity contribution in [1.82, 2.24) is 14.9 Å². The Hall–Kier alpha value is -0.700. The van der Waals surface area contributed by atoms with Gasteiger partial charge in [-0.3, -0.25) is 4.79 Å². The van der Waals surface area contributed by atoms with Crippen molar-refractivity contribution in [2.45, 2.75) is 25.9 Å². The van der Waals surface area contributed by atoms with Gasteiger partial charge in [0.2, 0.25) is 15.9 Å². The average molecular weight is 307 g/mol. The molecule has 1 heterocycles. The maximum absolute atomic E-state index is 11.6. The van der Waals surface area contributed by atoms with E-state index in [0.29, 0.717) is 26.1 Å². The number of ether oxygens (including phenoxy) is 1. The van der Waals surface area contributed by atoms with Gasteiger partial charge in [-0.25, -0.2) is 12.7 Å². The molecule has 1 amide bonds. The van der Waals surface area contributed by atoms with Crippen LogP contribution >= 0.6 is 0 Å². The van der Waals surface area contributed by atoms with E-state index >= 15 is 0 Å². The summed E-state index contributed by atoms with van der Waals surface area (Å²) < 4.78 is 29.6. The van der Waals surface area contributed by atoms with Crippen LogP contribution in [0.2, 0.25) is 0 Å². The summed E-state index contributed by atoms with van der Waals surface area (Å²) in [5, 5.41) is 5.82. The van der Waals surface area contributed by atoms with Gasteiger partial charge in [0.05, 0.1) is 11.9 Å². The summed E-state index contributed by atoms with van der Waals surface area (Å²) in [6.45, 7) is 6.63. The highest BCUT2D eigenvalue weighted by molar-refractivity contribution is 7.88. The summed E-state index contributed by atoms with van der Waals surface area (Å²) in [5.74, 6) is -0.166. The van der Waals surface area contributed by atoms with Crippen LogP contribution in [0, 0.1) is 0 Å². The van der Waals surface area contributed by atoms with Crippen LogP contribution in [0.3, 0.4) is 0 Å². The second-order valence-corrected chi connectivity index (χ2v) is 7.28. The SMILES string of the molecule is CCN(CCCNC(=O)COC1(C)CNC1)S(C)(=O)=O. The van der Waals surface area contributed by atoms with Crippen molar-refractivity contribution in [3.8, 4) is 0 Å². The highest BCUT2D eigenvalue weighted by Crippen LogP contribution is 2.14. The Labute approximate surface area is 121 Å². The van der Waals surface area contributed by atoms with Crippen LogP contribution in [0.4, 0.5) is 0 Å². The Morgan fingerprint density at radius 1 is 1.45 bits per heavy atom. The average Bonchev–Trinajstić information content (AvgIpc) is 2.32. The summed E-state index contributed by atoms with van der Waals surface area (Å²) in [4.78, 5) is 11.6. The fraction of sp³-hybridized carbons (Fsp3) is 0.917. The van der Waals surface area contributed by atoms with Crippen LogP contribution in [0.25, 0.3) is 0 Å². The van der Waals surface area contributed by atoms with E-state index in [4.69, 9.17) is 4.74 Å². The van der Waals surface area contributed by atoms with Crippen LogP contribution < -0.4 is 10.6 Å². The summed E-state index contributed by atoms with van der Waals surface area (Å²) in [5.41, 5.74) is -0.230. The Morgan fingerprint density at radius 3 is 2.55 bits per heavy atom. The first-order valence-electron chi connectivity index (χ1n) is 6.83. The first kappa shape index (κ1) is 17.4. The van der Waals surface area contributed by atoms with Crippen molar-refractivity contribution in [3.63, 3.8) is 0 Å². The Morgan fingerprint density at radius 2 is 2.10 bits per heavy atom. The highest BCUT2D eigenvalue weighted by Gasteiger charge is 2.32. The minimum atomic E-state index is -3.15. The third kappa shape index (κ3) is 5.74. The van der Waals surface area contributed by atoms with Gasteiger partial charge in [-0.05, 0) is 13.3 Å². The molecular formula is C12H25N3O4S. The Bertz CT molecular complexity index is 420. The number of hydrogen-bond acceptors (Lipinski definition) is 5. The summed E-state index contributed by atoms with van der Waals surface area (Å²) in [6, 6.07) is 0. The summed E-state index contributed by atoms with van der Waals surface area (Å²) in [7, 11) is -3.15. The number of nitrogens with zero attached hydrogens (tertiary/aromatic N) is 1. The standard InChI is InChI=1S/C12H25N3O4S/c1-4-15(20(3,17)18)7-5-6-14-11(16)8-19-12(2)9-13-10-12/h13H,4-10H2,1-3H3,(H,14,16). The predicted octanol–water partition coefficient (Wildman–Crippen LogP) is -0.847.